The number of hydrogen-bond donors (Lipinski definition) is 1. The Hall–Kier alpha value is -1.40. The van der Waals surface area contributed by atoms with E-state index in [1.165, 1.54) is 7.11 Å². The number of fused-ring (bicyclic) bond motifs is 1. The molecule has 0 radical (unpaired) electrons. The van der Waals surface area contributed by atoms with E-state index in [1.54, 1.807) is 11.3 Å². The first-order valence-corrected chi connectivity index (χ1v) is 9.09. The molecule has 0 saturated carbocycles. The van der Waals surface area contributed by atoms with Crippen molar-refractivity contribution in [2.45, 2.75) is 32.6 Å². The van der Waals surface area contributed by atoms with E-state index in [2.05, 4.69) is 27.3 Å². The van der Waals surface area contributed by atoms with Gasteiger partial charge >= 0.3 is 5.97 Å². The van der Waals surface area contributed by atoms with Crippen LogP contribution in [0.1, 0.15) is 35.4 Å². The predicted octanol–water partition coefficient (Wildman–Crippen LogP) is 3.82. The van der Waals surface area contributed by atoms with Gasteiger partial charge in [-0.2, -0.15) is 0 Å². The van der Waals surface area contributed by atoms with E-state index in [0.717, 1.165) is 32.0 Å². The number of carbonyl (C=O) groups is 2. The Morgan fingerprint density at radius 3 is 2.74 bits per heavy atom. The zero-order valence-corrected chi connectivity index (χ0v) is 15.6. The average Bonchev–Trinajstić information content (AvgIpc) is 2.84. The third kappa shape index (κ3) is 2.78. The quantitative estimate of drug-likeness (QED) is 0.773. The largest absolute Gasteiger partial charge is 0.466 e. The Labute approximate surface area is 147 Å². The molecule has 1 aromatic rings. The number of hydrogen-bond acceptors (Lipinski definition) is 5. The van der Waals surface area contributed by atoms with Crippen LogP contribution >= 0.6 is 27.3 Å². The molecule has 0 aromatic carbocycles. The number of Topliss-reactive ketones (excluding diaryl/α,β-unsaturated/α-hetero) is 1. The second-order valence-corrected chi connectivity index (χ2v) is 7.97. The average molecular weight is 396 g/mol. The molecule has 1 aromatic heterocycles. The van der Waals surface area contributed by atoms with Crippen molar-refractivity contribution < 1.29 is 14.3 Å². The van der Waals surface area contributed by atoms with E-state index in [-0.39, 0.29) is 23.6 Å². The van der Waals surface area contributed by atoms with Gasteiger partial charge in [-0.25, -0.2) is 4.79 Å². The molecule has 0 fully saturated rings. The number of aryl methyl sites for hydroxylation is 1. The second kappa shape index (κ2) is 6.24. The first kappa shape index (κ1) is 16.5. The molecule has 3 rings (SSSR count). The summed E-state index contributed by atoms with van der Waals surface area (Å²) in [6, 6.07) is 2.02. The molecule has 2 atom stereocenters. The van der Waals surface area contributed by atoms with Crippen molar-refractivity contribution in [3.05, 3.63) is 43.3 Å². The van der Waals surface area contributed by atoms with Gasteiger partial charge in [0.25, 0.3) is 0 Å². The van der Waals surface area contributed by atoms with Crippen LogP contribution in [0.2, 0.25) is 0 Å². The van der Waals surface area contributed by atoms with Crippen LogP contribution in [0.25, 0.3) is 0 Å². The summed E-state index contributed by atoms with van der Waals surface area (Å²) in [5.41, 5.74) is 2.23. The fraction of sp³-hybridized carbons (Fsp3) is 0.412. The SMILES string of the molecule is COC(=O)C1=C(C)NC2=CCCC(=O)C2C1c1cc(Br)c(C)s1. The minimum Gasteiger partial charge on any atom is -0.466 e. The summed E-state index contributed by atoms with van der Waals surface area (Å²) in [6.45, 7) is 3.89. The number of nitrogens with one attached hydrogen (secondary N) is 1. The van der Waals surface area contributed by atoms with Gasteiger partial charge in [-0.1, -0.05) is 6.08 Å². The number of halogens is 1. The molecule has 0 bridgehead atoms. The summed E-state index contributed by atoms with van der Waals surface area (Å²) in [7, 11) is 1.38. The molecular weight excluding hydrogens is 378 g/mol. The number of esters is 1. The maximum atomic E-state index is 12.6. The fourth-order valence-corrected chi connectivity index (χ4v) is 5.04. The first-order valence-electron chi connectivity index (χ1n) is 7.48. The molecule has 2 heterocycles. The van der Waals surface area contributed by atoms with Crippen molar-refractivity contribution in [3.8, 4) is 0 Å². The second-order valence-electron chi connectivity index (χ2n) is 5.83. The van der Waals surface area contributed by atoms with Gasteiger partial charge in [0.2, 0.25) is 0 Å². The number of allylic oxidation sites excluding steroid dienone is 3. The van der Waals surface area contributed by atoms with E-state index >= 15 is 0 Å². The van der Waals surface area contributed by atoms with E-state index in [4.69, 9.17) is 4.74 Å². The zero-order chi connectivity index (χ0) is 16.7. The number of rotatable bonds is 2. The maximum Gasteiger partial charge on any atom is 0.336 e. The number of methoxy groups -OCH3 is 1. The molecule has 0 spiro atoms. The highest BCUT2D eigenvalue weighted by molar-refractivity contribution is 9.10. The van der Waals surface area contributed by atoms with Crippen LogP contribution < -0.4 is 5.32 Å². The summed E-state index contributed by atoms with van der Waals surface area (Å²) < 4.78 is 6.00. The molecule has 6 heteroatoms. The van der Waals surface area contributed by atoms with E-state index in [0.29, 0.717) is 12.0 Å². The summed E-state index contributed by atoms with van der Waals surface area (Å²) >= 11 is 5.15. The summed E-state index contributed by atoms with van der Waals surface area (Å²) in [5, 5.41) is 3.25. The van der Waals surface area contributed by atoms with Gasteiger partial charge in [-0.05, 0) is 42.3 Å². The van der Waals surface area contributed by atoms with Gasteiger partial charge in [-0.15, -0.1) is 11.3 Å². The molecule has 1 aliphatic carbocycles. The third-order valence-electron chi connectivity index (χ3n) is 4.41. The van der Waals surface area contributed by atoms with Gasteiger partial charge in [0.05, 0.1) is 18.6 Å². The van der Waals surface area contributed by atoms with Gasteiger partial charge in [-0.3, -0.25) is 4.79 Å². The number of carbonyl (C=O) groups excluding carboxylic acids is 2. The summed E-state index contributed by atoms with van der Waals surface area (Å²) in [6.07, 6.45) is 3.34. The van der Waals surface area contributed by atoms with Crippen LogP contribution in [0.5, 0.6) is 0 Å². The van der Waals surface area contributed by atoms with Crippen molar-refractivity contribution >= 4 is 39.0 Å². The molecule has 0 saturated heterocycles. The lowest BCUT2D eigenvalue weighted by Crippen LogP contribution is -2.40. The Balaban J connectivity index is 2.20. The predicted molar refractivity (Wildman–Crippen MR) is 93.2 cm³/mol. The lowest BCUT2D eigenvalue weighted by molar-refractivity contribution is -0.136. The van der Waals surface area contributed by atoms with Crippen molar-refractivity contribution in [1.29, 1.82) is 0 Å². The van der Waals surface area contributed by atoms with Crippen molar-refractivity contribution in [2.75, 3.05) is 7.11 Å². The van der Waals surface area contributed by atoms with Gasteiger partial charge in [0.1, 0.15) is 5.78 Å². The monoisotopic (exact) mass is 395 g/mol. The normalized spacial score (nSPS) is 24.0. The molecule has 2 unspecified atom stereocenters. The van der Waals surface area contributed by atoms with E-state index in [1.807, 2.05) is 19.9 Å². The number of thiophene rings is 1. The van der Waals surface area contributed by atoms with Crippen LogP contribution in [-0.4, -0.2) is 18.9 Å². The molecular formula is C17H18BrNO3S. The summed E-state index contributed by atoms with van der Waals surface area (Å²) in [5.74, 6) is -0.806. The topological polar surface area (TPSA) is 55.4 Å². The molecule has 1 aliphatic heterocycles. The minimum atomic E-state index is -0.375. The molecule has 0 amide bonds. The maximum absolute atomic E-state index is 12.6. The lowest BCUT2D eigenvalue weighted by atomic mass is 9.73. The Kier molecular flexibility index (Phi) is 4.47. The Morgan fingerprint density at radius 1 is 1.39 bits per heavy atom. The number of ether oxygens (including phenoxy) is 1. The highest BCUT2D eigenvalue weighted by Gasteiger charge is 2.43. The Bertz CT molecular complexity index is 728. The summed E-state index contributed by atoms with van der Waals surface area (Å²) in [4.78, 5) is 27.1. The molecule has 23 heavy (non-hydrogen) atoms. The van der Waals surface area contributed by atoms with Crippen molar-refractivity contribution in [2.24, 2.45) is 5.92 Å². The van der Waals surface area contributed by atoms with E-state index in [9.17, 15) is 9.59 Å². The lowest BCUT2D eigenvalue weighted by Gasteiger charge is -2.37. The van der Waals surface area contributed by atoms with Crippen LogP contribution in [0.15, 0.2) is 33.6 Å². The molecule has 4 nitrogen and oxygen atoms in total. The minimum absolute atomic E-state index is 0.177. The molecule has 1 N–H and O–H groups in total. The zero-order valence-electron chi connectivity index (χ0n) is 13.2. The number of ketones is 1. The van der Waals surface area contributed by atoms with Gasteiger partial charge < -0.3 is 10.1 Å². The van der Waals surface area contributed by atoms with Crippen molar-refractivity contribution in [1.82, 2.24) is 5.32 Å². The Morgan fingerprint density at radius 2 is 2.13 bits per heavy atom. The fourth-order valence-electron chi connectivity index (χ4n) is 3.34. The third-order valence-corrected chi connectivity index (χ3v) is 6.62. The highest BCUT2D eigenvalue weighted by atomic mass is 79.9. The molecule has 2 aliphatic rings. The first-order chi connectivity index (χ1) is 10.9. The van der Waals surface area contributed by atoms with Gasteiger partial charge in [0, 0.05) is 38.0 Å². The van der Waals surface area contributed by atoms with Gasteiger partial charge in [0.15, 0.2) is 0 Å². The van der Waals surface area contributed by atoms with E-state index < -0.39 is 0 Å². The standard InChI is InChI=1S/C17H18BrNO3S/c1-8-14(17(21)22-3)16(13-7-10(18)9(2)23-13)15-11(19-8)5-4-6-12(15)20/h5,7,15-16,19H,4,6H2,1-3H3. The van der Waals surface area contributed by atoms with Crippen LogP contribution in [0.3, 0.4) is 0 Å². The van der Waals surface area contributed by atoms with Crippen LogP contribution in [0.4, 0.5) is 0 Å². The van der Waals surface area contributed by atoms with Crippen molar-refractivity contribution in [3.63, 3.8) is 0 Å². The molecule has 122 valence electrons. The van der Waals surface area contributed by atoms with Crippen LogP contribution in [-0.2, 0) is 14.3 Å². The highest BCUT2D eigenvalue weighted by Crippen LogP contribution is 2.46. The van der Waals surface area contributed by atoms with Crippen LogP contribution in [0, 0.1) is 12.8 Å². The smallest absolute Gasteiger partial charge is 0.336 e.